The molecule has 2 saturated heterocycles. The minimum atomic E-state index is -0.176. The van der Waals surface area contributed by atoms with Gasteiger partial charge in [0.05, 0.1) is 22.4 Å². The summed E-state index contributed by atoms with van der Waals surface area (Å²) in [7, 11) is 0. The first-order valence-electron chi connectivity index (χ1n) is 12.0. The summed E-state index contributed by atoms with van der Waals surface area (Å²) in [5, 5.41) is 1.23. The summed E-state index contributed by atoms with van der Waals surface area (Å²) in [5.41, 5.74) is 3.56. The smallest absolute Gasteiger partial charge is 0.150 e. The van der Waals surface area contributed by atoms with Crippen LogP contribution in [0.5, 0.6) is 0 Å². The number of hydrogen-bond donors (Lipinski definition) is 0. The van der Waals surface area contributed by atoms with Gasteiger partial charge in [0.15, 0.2) is 0 Å². The zero-order valence-corrected chi connectivity index (χ0v) is 20.2. The van der Waals surface area contributed by atoms with Gasteiger partial charge in [-0.1, -0.05) is 6.92 Å². The molecule has 0 N–H and O–H groups in total. The lowest BCUT2D eigenvalue weighted by atomic mass is 9.90. The van der Waals surface area contributed by atoms with Gasteiger partial charge >= 0.3 is 0 Å². The maximum atomic E-state index is 6.26. The van der Waals surface area contributed by atoms with Gasteiger partial charge in [-0.25, -0.2) is 15.0 Å². The van der Waals surface area contributed by atoms with E-state index in [1.54, 1.807) is 17.7 Å². The van der Waals surface area contributed by atoms with E-state index in [4.69, 9.17) is 19.7 Å². The van der Waals surface area contributed by atoms with Crippen LogP contribution in [0, 0.1) is 0 Å². The van der Waals surface area contributed by atoms with Gasteiger partial charge in [-0.05, 0) is 38.8 Å². The molecule has 3 aliphatic rings. The summed E-state index contributed by atoms with van der Waals surface area (Å²) in [6, 6.07) is 0. The highest BCUT2D eigenvalue weighted by Crippen LogP contribution is 2.44. The second kappa shape index (κ2) is 7.78. The van der Waals surface area contributed by atoms with Crippen molar-refractivity contribution in [3.63, 3.8) is 0 Å². The van der Waals surface area contributed by atoms with E-state index in [0.717, 1.165) is 74.2 Å². The molecule has 0 saturated carbocycles. The molecule has 32 heavy (non-hydrogen) atoms. The van der Waals surface area contributed by atoms with Gasteiger partial charge in [-0.2, -0.15) is 0 Å². The van der Waals surface area contributed by atoms with Crippen LogP contribution >= 0.6 is 11.3 Å². The van der Waals surface area contributed by atoms with Crippen LogP contribution in [0.4, 0.5) is 11.6 Å². The Morgan fingerprint density at radius 3 is 2.47 bits per heavy atom. The van der Waals surface area contributed by atoms with E-state index in [9.17, 15) is 0 Å². The van der Waals surface area contributed by atoms with Crippen molar-refractivity contribution in [1.29, 1.82) is 0 Å². The lowest BCUT2D eigenvalue weighted by Crippen LogP contribution is -2.46. The molecule has 8 heteroatoms. The van der Waals surface area contributed by atoms with Crippen molar-refractivity contribution in [3.8, 4) is 0 Å². The average molecular weight is 453 g/mol. The van der Waals surface area contributed by atoms with E-state index < -0.39 is 0 Å². The fourth-order valence-corrected chi connectivity index (χ4v) is 6.64. The minimum Gasteiger partial charge on any atom is -0.370 e. The second-order valence-electron chi connectivity index (χ2n) is 9.89. The number of likely N-dealkylation sites (N-methyl/N-ethyl adjacent to an activating group) is 1. The SMILES string of the molecule is CCN1CCN(c2ncnc3c2sc2nc(N4CCCC4)c4c(c23)CC(C)(C)OC4)CC1. The van der Waals surface area contributed by atoms with Crippen LogP contribution in [0.2, 0.25) is 0 Å². The van der Waals surface area contributed by atoms with Crippen molar-refractivity contribution in [3.05, 3.63) is 17.5 Å². The fraction of sp³-hybridized carbons (Fsp3) is 0.625. The van der Waals surface area contributed by atoms with Crippen molar-refractivity contribution >= 4 is 43.4 Å². The average Bonchev–Trinajstić information content (AvgIpc) is 3.45. The Bertz CT molecular complexity index is 1160. The summed E-state index contributed by atoms with van der Waals surface area (Å²) < 4.78 is 7.45. The number of anilines is 2. The van der Waals surface area contributed by atoms with E-state index in [2.05, 4.69) is 35.5 Å². The number of nitrogens with zero attached hydrogens (tertiary/aromatic N) is 6. The molecule has 3 aromatic heterocycles. The van der Waals surface area contributed by atoms with Crippen LogP contribution < -0.4 is 9.80 Å². The molecule has 0 radical (unpaired) electrons. The Hall–Kier alpha value is -2.03. The van der Waals surface area contributed by atoms with Crippen LogP contribution in [0.15, 0.2) is 6.33 Å². The van der Waals surface area contributed by atoms with Crippen LogP contribution in [0.1, 0.15) is 44.7 Å². The molecule has 170 valence electrons. The standard InChI is InChI=1S/C24H32N6OS/c1-4-28-9-11-30(12-10-28)22-20-19(25-15-26-22)18-16-13-24(2,3)31-14-17(16)21(27-23(18)32-20)29-7-5-6-8-29/h15H,4-14H2,1-3H3. The topological polar surface area (TPSA) is 57.6 Å². The Morgan fingerprint density at radius 1 is 0.969 bits per heavy atom. The van der Waals surface area contributed by atoms with Crippen molar-refractivity contribution in [2.24, 2.45) is 0 Å². The van der Waals surface area contributed by atoms with Gasteiger partial charge in [0, 0.05) is 56.6 Å². The van der Waals surface area contributed by atoms with E-state index in [-0.39, 0.29) is 5.60 Å². The van der Waals surface area contributed by atoms with Crippen molar-refractivity contribution in [2.75, 3.05) is 55.6 Å². The molecule has 7 nitrogen and oxygen atoms in total. The van der Waals surface area contributed by atoms with Crippen LogP contribution in [-0.2, 0) is 17.8 Å². The van der Waals surface area contributed by atoms with Gasteiger partial charge in [0.1, 0.15) is 22.8 Å². The number of rotatable bonds is 3. The van der Waals surface area contributed by atoms with E-state index >= 15 is 0 Å². The Labute approximate surface area is 193 Å². The Kier molecular flexibility index (Phi) is 5.00. The molecule has 0 aliphatic carbocycles. The largest absolute Gasteiger partial charge is 0.370 e. The van der Waals surface area contributed by atoms with Crippen molar-refractivity contribution < 1.29 is 4.74 Å². The molecular weight excluding hydrogens is 420 g/mol. The lowest BCUT2D eigenvalue weighted by Gasteiger charge is -2.35. The van der Waals surface area contributed by atoms with Crippen LogP contribution in [0.25, 0.3) is 20.4 Å². The number of fused-ring (bicyclic) bond motifs is 5. The van der Waals surface area contributed by atoms with E-state index in [1.165, 1.54) is 34.1 Å². The maximum Gasteiger partial charge on any atom is 0.150 e. The van der Waals surface area contributed by atoms with Crippen molar-refractivity contribution in [1.82, 2.24) is 19.9 Å². The molecule has 3 aliphatic heterocycles. The Morgan fingerprint density at radius 2 is 1.72 bits per heavy atom. The molecule has 2 fully saturated rings. The first-order valence-corrected chi connectivity index (χ1v) is 12.8. The highest BCUT2D eigenvalue weighted by molar-refractivity contribution is 7.26. The molecule has 6 rings (SSSR count). The predicted molar refractivity (Wildman–Crippen MR) is 131 cm³/mol. The molecule has 0 atom stereocenters. The molecule has 3 aromatic rings. The van der Waals surface area contributed by atoms with Crippen LogP contribution in [0.3, 0.4) is 0 Å². The van der Waals surface area contributed by atoms with Crippen LogP contribution in [-0.4, -0.2) is 71.3 Å². The number of hydrogen-bond acceptors (Lipinski definition) is 8. The zero-order chi connectivity index (χ0) is 21.9. The number of pyridine rings is 1. The molecule has 0 unspecified atom stereocenters. The zero-order valence-electron chi connectivity index (χ0n) is 19.4. The third kappa shape index (κ3) is 3.35. The quantitative estimate of drug-likeness (QED) is 0.598. The molecule has 0 bridgehead atoms. The number of aromatic nitrogens is 3. The number of ether oxygens (including phenoxy) is 1. The Balaban J connectivity index is 1.53. The van der Waals surface area contributed by atoms with Gasteiger partial charge in [-0.3, -0.25) is 0 Å². The monoisotopic (exact) mass is 452 g/mol. The molecule has 6 heterocycles. The summed E-state index contributed by atoms with van der Waals surface area (Å²) in [6.45, 7) is 14.8. The van der Waals surface area contributed by atoms with Crippen molar-refractivity contribution in [2.45, 2.75) is 52.2 Å². The number of piperazine rings is 1. The summed E-state index contributed by atoms with van der Waals surface area (Å²) in [4.78, 5) is 23.3. The summed E-state index contributed by atoms with van der Waals surface area (Å²) in [6.07, 6.45) is 5.13. The molecule has 0 spiro atoms. The maximum absolute atomic E-state index is 6.26. The highest BCUT2D eigenvalue weighted by Gasteiger charge is 2.34. The molecular formula is C24H32N6OS. The first kappa shape index (κ1) is 20.6. The second-order valence-corrected chi connectivity index (χ2v) is 10.9. The third-order valence-electron chi connectivity index (χ3n) is 7.31. The normalized spacial score (nSPS) is 21.6. The number of thiophene rings is 1. The van der Waals surface area contributed by atoms with E-state index in [1.807, 2.05) is 0 Å². The highest BCUT2D eigenvalue weighted by atomic mass is 32.1. The van der Waals surface area contributed by atoms with Gasteiger partial charge < -0.3 is 19.4 Å². The van der Waals surface area contributed by atoms with Gasteiger partial charge in [0.2, 0.25) is 0 Å². The predicted octanol–water partition coefficient (Wildman–Crippen LogP) is 3.83. The lowest BCUT2D eigenvalue weighted by molar-refractivity contribution is -0.0395. The third-order valence-corrected chi connectivity index (χ3v) is 8.38. The van der Waals surface area contributed by atoms with Gasteiger partial charge in [-0.15, -0.1) is 11.3 Å². The summed E-state index contributed by atoms with van der Waals surface area (Å²) in [5.74, 6) is 2.22. The minimum absolute atomic E-state index is 0.176. The molecule has 0 amide bonds. The van der Waals surface area contributed by atoms with Gasteiger partial charge in [0.25, 0.3) is 0 Å². The molecule has 0 aromatic carbocycles. The summed E-state index contributed by atoms with van der Waals surface area (Å²) >= 11 is 1.78. The van der Waals surface area contributed by atoms with E-state index in [0.29, 0.717) is 6.61 Å². The first-order chi connectivity index (χ1) is 15.5. The fourth-order valence-electron chi connectivity index (χ4n) is 5.47.